The highest BCUT2D eigenvalue weighted by Crippen LogP contribution is 2.29. The van der Waals surface area contributed by atoms with Crippen LogP contribution in [0.5, 0.6) is 0 Å². The van der Waals surface area contributed by atoms with Gasteiger partial charge in [0.2, 0.25) is 5.76 Å². The summed E-state index contributed by atoms with van der Waals surface area (Å²) in [6.45, 7) is 0. The average Bonchev–Trinajstić information content (AvgIpc) is 3.25. The quantitative estimate of drug-likeness (QED) is 0.697. The fraction of sp³-hybridized carbons (Fsp3) is 0.435. The normalized spacial score (nSPS) is 20.8. The molecular weight excluding hydrogens is 394 g/mol. The monoisotopic (exact) mass is 419 g/mol. The van der Waals surface area contributed by atoms with E-state index >= 15 is 0 Å². The summed E-state index contributed by atoms with van der Waals surface area (Å²) in [5.41, 5.74) is 3.49. The molecule has 160 valence electrons. The molecule has 8 nitrogen and oxygen atoms in total. The van der Waals surface area contributed by atoms with Crippen LogP contribution in [0, 0.1) is 0 Å². The molecule has 3 aromatic heterocycles. The Morgan fingerprint density at radius 3 is 2.61 bits per heavy atom. The molecule has 5 rings (SSSR count). The minimum Gasteiger partial charge on any atom is -0.350 e. The highest BCUT2D eigenvalue weighted by atomic mass is 16.5. The molecule has 0 saturated heterocycles. The second kappa shape index (κ2) is 8.45. The van der Waals surface area contributed by atoms with Gasteiger partial charge in [-0.15, -0.1) is 0 Å². The Balaban J connectivity index is 1.24. The number of amides is 1. The van der Waals surface area contributed by atoms with E-state index in [-0.39, 0.29) is 23.6 Å². The van der Waals surface area contributed by atoms with Gasteiger partial charge in [0.25, 0.3) is 11.5 Å². The molecule has 3 aromatic rings. The molecule has 0 radical (unpaired) electrons. The fourth-order valence-corrected chi connectivity index (χ4v) is 4.65. The molecular formula is C23H25N5O3. The van der Waals surface area contributed by atoms with Crippen molar-refractivity contribution in [2.45, 2.75) is 63.5 Å². The van der Waals surface area contributed by atoms with Crippen LogP contribution in [0.1, 0.15) is 66.4 Å². The van der Waals surface area contributed by atoms with E-state index in [9.17, 15) is 9.59 Å². The number of hydrogen-bond donors (Lipinski definition) is 1. The SMILES string of the molecule is O=C(NC1CCC(n2nc(-c3ccncc3)ccc2=O)CC1)c1onc2c1CCCC2. The van der Waals surface area contributed by atoms with Crippen molar-refractivity contribution in [3.8, 4) is 11.3 Å². The number of carbonyl (C=O) groups excluding carboxylic acids is 1. The van der Waals surface area contributed by atoms with Crippen LogP contribution in [0.2, 0.25) is 0 Å². The van der Waals surface area contributed by atoms with Crippen molar-refractivity contribution in [2.75, 3.05) is 0 Å². The van der Waals surface area contributed by atoms with E-state index in [2.05, 4.69) is 20.6 Å². The minimum absolute atomic E-state index is 0.0282. The van der Waals surface area contributed by atoms with Gasteiger partial charge in [-0.2, -0.15) is 5.10 Å². The number of aryl methyl sites for hydroxylation is 1. The molecule has 3 heterocycles. The zero-order valence-corrected chi connectivity index (χ0v) is 17.3. The molecule has 0 atom stereocenters. The average molecular weight is 419 g/mol. The molecule has 31 heavy (non-hydrogen) atoms. The molecule has 0 aliphatic heterocycles. The van der Waals surface area contributed by atoms with Crippen LogP contribution in [0.15, 0.2) is 46.0 Å². The highest BCUT2D eigenvalue weighted by Gasteiger charge is 2.29. The van der Waals surface area contributed by atoms with Gasteiger partial charge >= 0.3 is 0 Å². The largest absolute Gasteiger partial charge is 0.350 e. The first-order valence-corrected chi connectivity index (χ1v) is 11.0. The van der Waals surface area contributed by atoms with Gasteiger partial charge in [0, 0.05) is 35.6 Å². The van der Waals surface area contributed by atoms with E-state index in [1.807, 2.05) is 12.1 Å². The van der Waals surface area contributed by atoms with Gasteiger partial charge in [0.15, 0.2) is 0 Å². The maximum absolute atomic E-state index is 12.7. The molecule has 0 aromatic carbocycles. The summed E-state index contributed by atoms with van der Waals surface area (Å²) in [4.78, 5) is 29.2. The standard InChI is InChI=1S/C23H25N5O3/c29-21-10-9-19(15-11-13-24-14-12-15)26-28(21)17-7-5-16(6-8-17)25-23(30)22-18-3-1-2-4-20(18)27-31-22/h9-14,16-17H,1-8H2,(H,25,30). The number of fused-ring (bicyclic) bond motifs is 1. The van der Waals surface area contributed by atoms with Gasteiger partial charge in [-0.05, 0) is 69.6 Å². The lowest BCUT2D eigenvalue weighted by Crippen LogP contribution is -2.39. The maximum atomic E-state index is 12.7. The van der Waals surface area contributed by atoms with Crippen LogP contribution in [0.25, 0.3) is 11.3 Å². The Bertz CT molecular complexity index is 1130. The van der Waals surface area contributed by atoms with Crippen LogP contribution < -0.4 is 10.9 Å². The third-order valence-electron chi connectivity index (χ3n) is 6.35. The van der Waals surface area contributed by atoms with Crippen molar-refractivity contribution < 1.29 is 9.32 Å². The van der Waals surface area contributed by atoms with Gasteiger partial charge in [0.05, 0.1) is 17.4 Å². The van der Waals surface area contributed by atoms with E-state index in [1.54, 1.807) is 29.2 Å². The molecule has 2 aliphatic rings. The summed E-state index contributed by atoms with van der Waals surface area (Å²) in [6, 6.07) is 7.17. The predicted octanol–water partition coefficient (Wildman–Crippen LogP) is 3.09. The van der Waals surface area contributed by atoms with Crippen molar-refractivity contribution in [1.82, 2.24) is 25.2 Å². The molecule has 1 amide bonds. The Labute approximate surface area is 179 Å². The van der Waals surface area contributed by atoms with E-state index in [0.717, 1.165) is 73.9 Å². The predicted molar refractivity (Wildman–Crippen MR) is 114 cm³/mol. The van der Waals surface area contributed by atoms with Crippen LogP contribution >= 0.6 is 0 Å². The third-order valence-corrected chi connectivity index (χ3v) is 6.35. The van der Waals surface area contributed by atoms with Crippen molar-refractivity contribution in [2.24, 2.45) is 0 Å². The summed E-state index contributed by atoms with van der Waals surface area (Å²) in [5, 5.41) is 11.8. The van der Waals surface area contributed by atoms with E-state index in [1.165, 1.54) is 0 Å². The minimum atomic E-state index is -0.172. The first-order valence-electron chi connectivity index (χ1n) is 11.0. The maximum Gasteiger partial charge on any atom is 0.290 e. The number of pyridine rings is 1. The van der Waals surface area contributed by atoms with Gasteiger partial charge in [0.1, 0.15) is 0 Å². The summed E-state index contributed by atoms with van der Waals surface area (Å²) in [7, 11) is 0. The lowest BCUT2D eigenvalue weighted by Gasteiger charge is -2.29. The Morgan fingerprint density at radius 1 is 1.03 bits per heavy atom. The molecule has 1 fully saturated rings. The first-order chi connectivity index (χ1) is 15.2. The summed E-state index contributed by atoms with van der Waals surface area (Å²) >= 11 is 0. The van der Waals surface area contributed by atoms with E-state index in [4.69, 9.17) is 4.52 Å². The van der Waals surface area contributed by atoms with Gasteiger partial charge in [-0.3, -0.25) is 14.6 Å². The van der Waals surface area contributed by atoms with Crippen LogP contribution in [-0.2, 0) is 12.8 Å². The number of carbonyl (C=O) groups is 1. The van der Waals surface area contributed by atoms with Gasteiger partial charge < -0.3 is 9.84 Å². The fourth-order valence-electron chi connectivity index (χ4n) is 4.65. The zero-order chi connectivity index (χ0) is 21.2. The smallest absolute Gasteiger partial charge is 0.290 e. The third kappa shape index (κ3) is 4.02. The van der Waals surface area contributed by atoms with E-state index in [0.29, 0.717) is 5.76 Å². The summed E-state index contributed by atoms with van der Waals surface area (Å²) in [5.74, 6) is 0.203. The number of nitrogens with zero attached hydrogens (tertiary/aromatic N) is 4. The first kappa shape index (κ1) is 19.7. The molecule has 2 aliphatic carbocycles. The topological polar surface area (TPSA) is 103 Å². The summed E-state index contributed by atoms with van der Waals surface area (Å²) < 4.78 is 6.96. The molecule has 8 heteroatoms. The Morgan fingerprint density at radius 2 is 1.81 bits per heavy atom. The molecule has 0 unspecified atom stereocenters. The van der Waals surface area contributed by atoms with Crippen molar-refractivity contribution in [3.63, 3.8) is 0 Å². The Hall–Kier alpha value is -3.29. The van der Waals surface area contributed by atoms with Crippen molar-refractivity contribution >= 4 is 5.91 Å². The lowest BCUT2D eigenvalue weighted by molar-refractivity contribution is 0.0882. The van der Waals surface area contributed by atoms with E-state index < -0.39 is 0 Å². The second-order valence-corrected chi connectivity index (χ2v) is 8.36. The highest BCUT2D eigenvalue weighted by molar-refractivity contribution is 5.93. The molecule has 0 bridgehead atoms. The van der Waals surface area contributed by atoms with Crippen molar-refractivity contribution in [1.29, 1.82) is 0 Å². The zero-order valence-electron chi connectivity index (χ0n) is 17.3. The lowest BCUT2D eigenvalue weighted by atomic mass is 9.90. The molecule has 1 saturated carbocycles. The number of hydrogen-bond acceptors (Lipinski definition) is 6. The molecule has 1 N–H and O–H groups in total. The van der Waals surface area contributed by atoms with Crippen LogP contribution in [0.4, 0.5) is 0 Å². The van der Waals surface area contributed by atoms with Gasteiger partial charge in [-0.1, -0.05) is 5.16 Å². The number of rotatable bonds is 4. The van der Waals surface area contributed by atoms with Gasteiger partial charge in [-0.25, -0.2) is 4.68 Å². The number of nitrogens with one attached hydrogen (secondary N) is 1. The Kier molecular flexibility index (Phi) is 5.36. The van der Waals surface area contributed by atoms with Crippen LogP contribution in [-0.4, -0.2) is 31.9 Å². The number of aromatic nitrogens is 4. The molecule has 0 spiro atoms. The van der Waals surface area contributed by atoms with Crippen molar-refractivity contribution in [3.05, 3.63) is 64.0 Å². The second-order valence-electron chi connectivity index (χ2n) is 8.36. The summed E-state index contributed by atoms with van der Waals surface area (Å²) in [6.07, 6.45) is 10.5. The van der Waals surface area contributed by atoms with Crippen LogP contribution in [0.3, 0.4) is 0 Å².